The molecule has 0 aliphatic carbocycles. The Hall–Kier alpha value is -3.41. The molecular weight excluding hydrogens is 829 g/mol. The van der Waals surface area contributed by atoms with Gasteiger partial charge in [-0.2, -0.15) is 0 Å². The van der Waals surface area contributed by atoms with E-state index in [-0.39, 0.29) is 31.1 Å². The summed E-state index contributed by atoms with van der Waals surface area (Å²) in [5, 5.41) is 0. The molecule has 0 amide bonds. The lowest BCUT2D eigenvalue weighted by Gasteiger charge is -2.18. The molecule has 0 N–H and O–H groups in total. The maximum absolute atomic E-state index is 12.8. The van der Waals surface area contributed by atoms with Crippen molar-refractivity contribution in [2.75, 3.05) is 13.2 Å². The molecule has 0 rings (SSSR count). The average molecular weight is 933 g/mol. The van der Waals surface area contributed by atoms with Crippen LogP contribution in [0.2, 0.25) is 0 Å². The summed E-state index contributed by atoms with van der Waals surface area (Å²) in [6, 6.07) is 0. The average Bonchev–Trinajstić information content (AvgIpc) is 3.33. The van der Waals surface area contributed by atoms with Gasteiger partial charge in [-0.15, -0.1) is 0 Å². The highest BCUT2D eigenvalue weighted by Gasteiger charge is 2.19. The second-order valence-corrected chi connectivity index (χ2v) is 18.7. The van der Waals surface area contributed by atoms with E-state index in [4.69, 9.17) is 14.2 Å². The van der Waals surface area contributed by atoms with Crippen LogP contribution in [-0.4, -0.2) is 37.2 Å². The molecule has 0 saturated carbocycles. The fourth-order valence-electron chi connectivity index (χ4n) is 7.90. The van der Waals surface area contributed by atoms with Crippen LogP contribution in [0.15, 0.2) is 85.1 Å². The second-order valence-electron chi connectivity index (χ2n) is 18.7. The molecule has 0 aromatic carbocycles. The van der Waals surface area contributed by atoms with Gasteiger partial charge in [0.15, 0.2) is 6.10 Å². The van der Waals surface area contributed by atoms with E-state index in [2.05, 4.69) is 32.9 Å². The normalized spacial score (nSPS) is 12.7. The maximum Gasteiger partial charge on any atom is 0.306 e. The van der Waals surface area contributed by atoms with Crippen LogP contribution in [0, 0.1) is 0 Å². The molecule has 6 heteroatoms. The van der Waals surface area contributed by atoms with Crippen molar-refractivity contribution >= 4 is 17.9 Å². The lowest BCUT2D eigenvalue weighted by Crippen LogP contribution is -2.30. The number of hydrogen-bond acceptors (Lipinski definition) is 6. The van der Waals surface area contributed by atoms with Crippen LogP contribution < -0.4 is 0 Å². The van der Waals surface area contributed by atoms with Crippen molar-refractivity contribution in [2.45, 2.75) is 271 Å². The van der Waals surface area contributed by atoms with Crippen LogP contribution in [-0.2, 0) is 28.6 Å². The minimum atomic E-state index is -0.793. The Kier molecular flexibility index (Phi) is 52.4. The summed E-state index contributed by atoms with van der Waals surface area (Å²) in [7, 11) is 0. The fraction of sp³-hybridized carbons (Fsp3) is 0.721. The van der Waals surface area contributed by atoms with E-state index in [0.717, 1.165) is 70.6 Å². The van der Waals surface area contributed by atoms with Crippen molar-refractivity contribution in [2.24, 2.45) is 0 Å². The van der Waals surface area contributed by atoms with Gasteiger partial charge in [0.2, 0.25) is 0 Å². The van der Waals surface area contributed by atoms with E-state index in [1.54, 1.807) is 0 Å². The highest BCUT2D eigenvalue weighted by atomic mass is 16.6. The number of carbonyl (C=O) groups is 3. The number of carbonyl (C=O) groups excluding carboxylic acids is 3. The summed E-state index contributed by atoms with van der Waals surface area (Å²) in [6.45, 7) is 6.48. The monoisotopic (exact) mass is 933 g/mol. The summed E-state index contributed by atoms with van der Waals surface area (Å²) >= 11 is 0. The van der Waals surface area contributed by atoms with E-state index in [9.17, 15) is 14.4 Å². The highest BCUT2D eigenvalue weighted by molar-refractivity contribution is 5.71. The summed E-state index contributed by atoms with van der Waals surface area (Å²) in [4.78, 5) is 38.1. The number of unbranched alkanes of at least 4 members (excludes halogenated alkanes) is 31. The summed E-state index contributed by atoms with van der Waals surface area (Å²) in [5.74, 6) is -0.925. The van der Waals surface area contributed by atoms with Gasteiger partial charge in [-0.05, 0) is 38.5 Å². The number of allylic oxidation sites excluding steroid dienone is 14. The van der Waals surface area contributed by atoms with Crippen molar-refractivity contribution in [1.29, 1.82) is 0 Å². The van der Waals surface area contributed by atoms with Gasteiger partial charge in [0.05, 0.1) is 0 Å². The van der Waals surface area contributed by atoms with Crippen LogP contribution in [0.3, 0.4) is 0 Å². The van der Waals surface area contributed by atoms with Gasteiger partial charge in [0, 0.05) is 19.3 Å². The lowest BCUT2D eigenvalue weighted by atomic mass is 10.0. The van der Waals surface area contributed by atoms with Gasteiger partial charge in [-0.3, -0.25) is 14.4 Å². The Labute approximate surface area is 414 Å². The lowest BCUT2D eigenvalue weighted by molar-refractivity contribution is -0.167. The molecule has 0 radical (unpaired) electrons. The molecule has 0 aromatic rings. The molecular formula is C61H104O6. The number of hydrogen-bond donors (Lipinski definition) is 0. The minimum absolute atomic E-state index is 0.0880. The van der Waals surface area contributed by atoms with Crippen molar-refractivity contribution in [3.05, 3.63) is 85.1 Å². The van der Waals surface area contributed by atoms with E-state index < -0.39 is 6.10 Å². The van der Waals surface area contributed by atoms with Crippen LogP contribution in [0.4, 0.5) is 0 Å². The molecule has 0 spiro atoms. The zero-order valence-electron chi connectivity index (χ0n) is 43.9. The quantitative estimate of drug-likeness (QED) is 0.0262. The van der Waals surface area contributed by atoms with Gasteiger partial charge in [-0.1, -0.05) is 292 Å². The largest absolute Gasteiger partial charge is 0.462 e. The summed E-state index contributed by atoms with van der Waals surface area (Å²) in [6.07, 6.45) is 71.3. The Morgan fingerprint density at radius 2 is 0.582 bits per heavy atom. The molecule has 6 nitrogen and oxygen atoms in total. The first-order valence-corrected chi connectivity index (χ1v) is 28.2. The Morgan fingerprint density at radius 1 is 0.313 bits per heavy atom. The van der Waals surface area contributed by atoms with Crippen molar-refractivity contribution < 1.29 is 28.6 Å². The standard InChI is InChI=1S/C61H104O6/c1-4-7-10-13-16-19-22-25-28-30-31-32-34-36-39-42-45-48-51-54-60(63)66-57-58(56-65-59(62)53-50-47-44-41-38-35-27-24-21-18-15-12-9-6-3)67-61(64)55-52-49-46-43-40-37-33-29-26-23-20-17-14-11-8-5-2/h7,10,13,16,19,22,25,28,30-32,34,36,39,58H,4-6,8-9,11-12,14-15,17-18,20-21,23-24,26-27,29,33,35,37-38,40-57H2,1-3H3/b10-7-,16-13-,22-19-,28-25-,31-30+,34-32-,39-36-. The van der Waals surface area contributed by atoms with Crippen LogP contribution in [0.25, 0.3) is 0 Å². The van der Waals surface area contributed by atoms with E-state index in [1.807, 2.05) is 72.9 Å². The molecule has 0 bridgehead atoms. The smallest absolute Gasteiger partial charge is 0.306 e. The van der Waals surface area contributed by atoms with Crippen LogP contribution in [0.1, 0.15) is 265 Å². The van der Waals surface area contributed by atoms with Crippen LogP contribution >= 0.6 is 0 Å². The maximum atomic E-state index is 12.8. The first-order chi connectivity index (χ1) is 33.0. The zero-order chi connectivity index (χ0) is 48.6. The van der Waals surface area contributed by atoms with Gasteiger partial charge in [0.1, 0.15) is 13.2 Å². The first kappa shape index (κ1) is 63.6. The molecule has 1 unspecified atom stereocenters. The van der Waals surface area contributed by atoms with Crippen molar-refractivity contribution in [3.63, 3.8) is 0 Å². The molecule has 0 aromatic heterocycles. The topological polar surface area (TPSA) is 78.9 Å². The molecule has 0 aliphatic heterocycles. The Balaban J connectivity index is 4.46. The van der Waals surface area contributed by atoms with E-state index in [0.29, 0.717) is 19.3 Å². The third-order valence-electron chi connectivity index (χ3n) is 12.1. The Bertz CT molecular complexity index is 1300. The van der Waals surface area contributed by atoms with Gasteiger partial charge >= 0.3 is 17.9 Å². The third-order valence-corrected chi connectivity index (χ3v) is 12.1. The summed E-state index contributed by atoms with van der Waals surface area (Å²) < 4.78 is 16.8. The molecule has 0 heterocycles. The number of esters is 3. The van der Waals surface area contributed by atoms with Gasteiger partial charge in [-0.25, -0.2) is 0 Å². The zero-order valence-corrected chi connectivity index (χ0v) is 43.9. The van der Waals surface area contributed by atoms with Gasteiger partial charge in [0.25, 0.3) is 0 Å². The van der Waals surface area contributed by atoms with Crippen molar-refractivity contribution in [1.82, 2.24) is 0 Å². The second kappa shape index (κ2) is 55.2. The molecule has 0 saturated heterocycles. The number of rotatable bonds is 50. The minimum Gasteiger partial charge on any atom is -0.462 e. The predicted octanol–water partition coefficient (Wildman–Crippen LogP) is 18.8. The fourth-order valence-corrected chi connectivity index (χ4v) is 7.90. The molecule has 1 atom stereocenters. The molecule has 67 heavy (non-hydrogen) atoms. The SMILES string of the molecule is CC\C=C/C=C\C=C/C=C\C=C\C=C/C=C\CCCCCC(=O)OCC(COC(=O)CCCCCCCCCCCCCCCC)OC(=O)CCCCCCCCCCCCCCCCCC. The number of ether oxygens (including phenoxy) is 3. The van der Waals surface area contributed by atoms with E-state index in [1.165, 1.54) is 154 Å². The predicted molar refractivity (Wildman–Crippen MR) is 288 cm³/mol. The first-order valence-electron chi connectivity index (χ1n) is 28.2. The van der Waals surface area contributed by atoms with Gasteiger partial charge < -0.3 is 14.2 Å². The third kappa shape index (κ3) is 53.4. The summed E-state index contributed by atoms with van der Waals surface area (Å²) in [5.41, 5.74) is 0. The highest BCUT2D eigenvalue weighted by Crippen LogP contribution is 2.16. The van der Waals surface area contributed by atoms with Crippen LogP contribution in [0.5, 0.6) is 0 Å². The molecule has 0 aliphatic rings. The molecule has 0 fully saturated rings. The molecule has 384 valence electrons. The van der Waals surface area contributed by atoms with E-state index >= 15 is 0 Å². The Morgan fingerprint density at radius 3 is 0.910 bits per heavy atom. The van der Waals surface area contributed by atoms with Crippen molar-refractivity contribution in [3.8, 4) is 0 Å².